The average molecular weight is 212 g/mol. The van der Waals surface area contributed by atoms with Crippen LogP contribution in [-0.4, -0.2) is 0 Å². The maximum Gasteiger partial charge on any atom is 0.131 e. The highest BCUT2D eigenvalue weighted by Gasteiger charge is 2.03. The second kappa shape index (κ2) is 3.27. The van der Waals surface area contributed by atoms with Crippen LogP contribution in [0, 0.1) is 23.8 Å². The minimum Gasteiger partial charge on any atom is -0.206 e. The zero-order chi connectivity index (χ0) is 11.1. The van der Waals surface area contributed by atoms with E-state index >= 15 is 0 Å². The largest absolute Gasteiger partial charge is 0.206 e. The first kappa shape index (κ1) is 9.28. The van der Waals surface area contributed by atoms with Crippen LogP contribution in [0.5, 0.6) is 0 Å². The Balaban J connectivity index is 2.52. The van der Waals surface area contributed by atoms with Crippen molar-refractivity contribution in [3.05, 3.63) is 60.2 Å². The highest BCUT2D eigenvalue weighted by atomic mass is 19.1. The fraction of sp³-hybridized carbons (Fsp3) is 0. The zero-order valence-corrected chi connectivity index (χ0v) is 8.22. The summed E-state index contributed by atoms with van der Waals surface area (Å²) in [5.41, 5.74) is 0. The molecule has 0 N–H and O–H groups in total. The normalized spacial score (nSPS) is 11.1. The molecule has 2 radical (unpaired) electrons. The lowest BCUT2D eigenvalue weighted by atomic mass is 10.0. The van der Waals surface area contributed by atoms with Gasteiger partial charge in [-0.25, -0.2) is 8.78 Å². The first-order chi connectivity index (χ1) is 7.74. The quantitative estimate of drug-likeness (QED) is 0.496. The summed E-state index contributed by atoms with van der Waals surface area (Å²) in [5, 5.41) is 3.09. The van der Waals surface area contributed by atoms with Gasteiger partial charge in [-0.05, 0) is 39.7 Å². The van der Waals surface area contributed by atoms with Crippen LogP contribution in [0.2, 0.25) is 0 Å². The van der Waals surface area contributed by atoms with Gasteiger partial charge in [0.05, 0.1) is 0 Å². The molecule has 0 heterocycles. The van der Waals surface area contributed by atoms with Crippen molar-refractivity contribution in [1.82, 2.24) is 0 Å². The van der Waals surface area contributed by atoms with E-state index in [-0.39, 0.29) is 0 Å². The van der Waals surface area contributed by atoms with E-state index in [0.717, 1.165) is 16.2 Å². The van der Waals surface area contributed by atoms with Crippen molar-refractivity contribution in [2.75, 3.05) is 0 Å². The zero-order valence-electron chi connectivity index (χ0n) is 8.22. The number of fused-ring (bicyclic) bond motifs is 3. The minimum absolute atomic E-state index is 0.408. The van der Waals surface area contributed by atoms with Gasteiger partial charge >= 0.3 is 0 Å². The van der Waals surface area contributed by atoms with E-state index in [1.165, 1.54) is 12.1 Å². The second-order valence-corrected chi connectivity index (χ2v) is 3.62. The summed E-state index contributed by atoms with van der Waals surface area (Å²) >= 11 is 0. The Morgan fingerprint density at radius 2 is 1.75 bits per heavy atom. The minimum atomic E-state index is -0.413. The van der Waals surface area contributed by atoms with Gasteiger partial charge in [0, 0.05) is 12.1 Å². The third-order valence-electron chi connectivity index (χ3n) is 2.61. The molecule has 16 heavy (non-hydrogen) atoms. The van der Waals surface area contributed by atoms with Crippen molar-refractivity contribution in [3.63, 3.8) is 0 Å². The molecule has 0 bridgehead atoms. The summed E-state index contributed by atoms with van der Waals surface area (Å²) in [6.07, 6.45) is 0. The van der Waals surface area contributed by atoms with Crippen LogP contribution in [-0.2, 0) is 0 Å². The average Bonchev–Trinajstić information content (AvgIpc) is 2.28. The van der Waals surface area contributed by atoms with Crippen LogP contribution in [0.1, 0.15) is 0 Å². The van der Waals surface area contributed by atoms with Crippen molar-refractivity contribution in [1.29, 1.82) is 0 Å². The van der Waals surface area contributed by atoms with E-state index in [1.807, 2.05) is 6.07 Å². The van der Waals surface area contributed by atoms with Crippen LogP contribution in [0.25, 0.3) is 21.5 Å². The lowest BCUT2D eigenvalue weighted by Gasteiger charge is -2.03. The lowest BCUT2D eigenvalue weighted by Crippen LogP contribution is -1.82. The molecule has 3 aromatic carbocycles. The predicted molar refractivity (Wildman–Crippen MR) is 59.0 cm³/mol. The van der Waals surface area contributed by atoms with E-state index in [1.54, 1.807) is 18.2 Å². The number of hydrogen-bond donors (Lipinski definition) is 0. The van der Waals surface area contributed by atoms with Gasteiger partial charge in [-0.3, -0.25) is 0 Å². The standard InChI is InChI=1S/C14H6F2/c15-11-5-6-13-10(7-11)2-1-9-3-4-12(16)8-14(9)13/h1-3,5-6,8H. The molecular weight excluding hydrogens is 206 g/mol. The molecule has 0 atom stereocenters. The maximum atomic E-state index is 13.1. The lowest BCUT2D eigenvalue weighted by molar-refractivity contribution is 0.627. The number of rotatable bonds is 0. The van der Waals surface area contributed by atoms with Crippen LogP contribution in [0.3, 0.4) is 0 Å². The molecule has 3 rings (SSSR count). The molecule has 0 aliphatic rings. The molecule has 2 heteroatoms. The second-order valence-electron chi connectivity index (χ2n) is 3.62. The first-order valence-corrected chi connectivity index (χ1v) is 4.85. The van der Waals surface area contributed by atoms with Crippen LogP contribution >= 0.6 is 0 Å². The molecular formula is C14H6F2. The highest BCUT2D eigenvalue weighted by molar-refractivity contribution is 6.07. The molecule has 0 aliphatic carbocycles. The fourth-order valence-electron chi connectivity index (χ4n) is 1.87. The SMILES string of the molecule is Fc1[c]c2ccc3c[c]c(F)cc3c2cc1. The Hall–Kier alpha value is -1.96. The third-order valence-corrected chi connectivity index (χ3v) is 2.61. The Morgan fingerprint density at radius 3 is 2.62 bits per heavy atom. The van der Waals surface area contributed by atoms with Crippen molar-refractivity contribution in [2.24, 2.45) is 0 Å². The molecule has 0 fully saturated rings. The Bertz CT molecular complexity index is 687. The summed E-state index contributed by atoms with van der Waals surface area (Å²) in [7, 11) is 0. The van der Waals surface area contributed by atoms with Crippen molar-refractivity contribution in [3.8, 4) is 0 Å². The number of benzene rings is 3. The van der Waals surface area contributed by atoms with Gasteiger partial charge in [0.1, 0.15) is 11.6 Å². The number of hydrogen-bond acceptors (Lipinski definition) is 0. The van der Waals surface area contributed by atoms with E-state index < -0.39 is 11.6 Å². The Labute approximate surface area is 91.1 Å². The third kappa shape index (κ3) is 1.34. The summed E-state index contributed by atoms with van der Waals surface area (Å²) in [5.74, 6) is -0.820. The van der Waals surface area contributed by atoms with E-state index in [9.17, 15) is 8.78 Å². The molecule has 0 nitrogen and oxygen atoms in total. The highest BCUT2D eigenvalue weighted by Crippen LogP contribution is 2.25. The van der Waals surface area contributed by atoms with E-state index in [2.05, 4.69) is 12.1 Å². The van der Waals surface area contributed by atoms with Gasteiger partial charge < -0.3 is 0 Å². The Kier molecular flexibility index (Phi) is 1.90. The Morgan fingerprint density at radius 1 is 0.875 bits per heavy atom. The van der Waals surface area contributed by atoms with Gasteiger partial charge in [-0.1, -0.05) is 18.2 Å². The molecule has 0 amide bonds. The predicted octanol–water partition coefficient (Wildman–Crippen LogP) is 3.87. The topological polar surface area (TPSA) is 0 Å². The molecule has 0 spiro atoms. The molecule has 0 saturated heterocycles. The first-order valence-electron chi connectivity index (χ1n) is 4.85. The van der Waals surface area contributed by atoms with Crippen LogP contribution in [0.15, 0.2) is 36.4 Å². The van der Waals surface area contributed by atoms with Crippen LogP contribution < -0.4 is 0 Å². The van der Waals surface area contributed by atoms with E-state index in [4.69, 9.17) is 0 Å². The molecule has 0 aromatic heterocycles. The summed E-state index contributed by atoms with van der Waals surface area (Å²) in [6.45, 7) is 0. The van der Waals surface area contributed by atoms with Gasteiger partial charge in [-0.2, -0.15) is 0 Å². The van der Waals surface area contributed by atoms with Crippen LogP contribution in [0.4, 0.5) is 8.78 Å². The van der Waals surface area contributed by atoms with Gasteiger partial charge in [0.2, 0.25) is 0 Å². The molecule has 3 aromatic rings. The summed E-state index contributed by atoms with van der Waals surface area (Å²) in [6, 6.07) is 14.6. The summed E-state index contributed by atoms with van der Waals surface area (Å²) in [4.78, 5) is 0. The van der Waals surface area contributed by atoms with Crippen molar-refractivity contribution in [2.45, 2.75) is 0 Å². The van der Waals surface area contributed by atoms with E-state index in [0.29, 0.717) is 5.39 Å². The molecule has 76 valence electrons. The smallest absolute Gasteiger partial charge is 0.131 e. The molecule has 0 unspecified atom stereocenters. The fourth-order valence-corrected chi connectivity index (χ4v) is 1.87. The van der Waals surface area contributed by atoms with Gasteiger partial charge in [0.25, 0.3) is 0 Å². The van der Waals surface area contributed by atoms with Gasteiger partial charge in [-0.15, -0.1) is 0 Å². The molecule has 0 saturated carbocycles. The number of halogens is 2. The summed E-state index contributed by atoms with van der Waals surface area (Å²) < 4.78 is 26.1. The maximum absolute atomic E-state index is 13.1. The van der Waals surface area contributed by atoms with Gasteiger partial charge in [0.15, 0.2) is 0 Å². The monoisotopic (exact) mass is 212 g/mol. The van der Waals surface area contributed by atoms with Crippen molar-refractivity contribution >= 4 is 21.5 Å². The van der Waals surface area contributed by atoms with Crippen molar-refractivity contribution < 1.29 is 8.78 Å². The molecule has 0 aliphatic heterocycles.